The first-order chi connectivity index (χ1) is 17.4. The van der Waals surface area contributed by atoms with Crippen molar-refractivity contribution in [1.29, 1.82) is 0 Å². The van der Waals surface area contributed by atoms with Gasteiger partial charge in [0.15, 0.2) is 4.67 Å². The van der Waals surface area contributed by atoms with Gasteiger partial charge in [-0.2, -0.15) is 5.10 Å². The molecule has 190 valence electrons. The minimum atomic E-state index is -1.21. The van der Waals surface area contributed by atoms with Crippen LogP contribution in [0.5, 0.6) is 0 Å². The van der Waals surface area contributed by atoms with E-state index in [0.717, 1.165) is 24.1 Å². The van der Waals surface area contributed by atoms with E-state index in [2.05, 4.69) is 49.9 Å². The standard InChI is InChI=1S/C27H24BrF2N5O2/c1-25(2)14-8-9-27(25,21-13(14)10-17(34-35-21)20-15(29)6-5-7-16(20)30)19-12-31-11-18(32-19)24-33-22(23(28)37-24)26(3,4)36/h5-7,10-12,14,36H,8-9H2,1-4H3/t14-,27-/m0/s1. The smallest absolute Gasteiger partial charge is 0.248 e. The number of aromatic nitrogens is 5. The molecule has 3 heterocycles. The Labute approximate surface area is 220 Å². The third-order valence-electron chi connectivity index (χ3n) is 8.06. The lowest BCUT2D eigenvalue weighted by atomic mass is 9.66. The summed E-state index contributed by atoms with van der Waals surface area (Å²) in [7, 11) is 0. The van der Waals surface area contributed by atoms with Gasteiger partial charge in [0, 0.05) is 6.20 Å². The molecule has 1 saturated carbocycles. The molecule has 10 heteroatoms. The van der Waals surface area contributed by atoms with Crippen molar-refractivity contribution in [2.24, 2.45) is 5.41 Å². The largest absolute Gasteiger partial charge is 0.427 e. The lowest BCUT2D eigenvalue weighted by Crippen LogP contribution is -2.38. The Hall–Kier alpha value is -3.11. The number of benzene rings is 1. The summed E-state index contributed by atoms with van der Waals surface area (Å²) in [5.41, 5.74) is 1.06. The molecule has 6 rings (SSSR count). The average molecular weight is 568 g/mol. The van der Waals surface area contributed by atoms with Gasteiger partial charge in [0.2, 0.25) is 5.89 Å². The molecule has 37 heavy (non-hydrogen) atoms. The first kappa shape index (κ1) is 24.2. The van der Waals surface area contributed by atoms with Crippen LogP contribution >= 0.6 is 15.9 Å². The summed E-state index contributed by atoms with van der Waals surface area (Å²) in [4.78, 5) is 13.8. The van der Waals surface area contributed by atoms with E-state index >= 15 is 0 Å². The summed E-state index contributed by atoms with van der Waals surface area (Å²) < 4.78 is 35.1. The van der Waals surface area contributed by atoms with Gasteiger partial charge in [0.25, 0.3) is 0 Å². The molecule has 1 aromatic carbocycles. The first-order valence-electron chi connectivity index (χ1n) is 12.0. The van der Waals surface area contributed by atoms with Crippen LogP contribution in [0, 0.1) is 17.0 Å². The number of nitrogens with zero attached hydrogens (tertiary/aromatic N) is 5. The molecule has 0 spiro atoms. The fourth-order valence-corrected chi connectivity index (χ4v) is 6.95. The van der Waals surface area contributed by atoms with Crippen LogP contribution in [0.3, 0.4) is 0 Å². The molecule has 1 N–H and O–H groups in total. The molecular weight excluding hydrogens is 544 g/mol. The van der Waals surface area contributed by atoms with Crippen molar-refractivity contribution in [3.05, 3.63) is 75.6 Å². The molecule has 3 aromatic heterocycles. The van der Waals surface area contributed by atoms with Gasteiger partial charge in [-0.1, -0.05) is 19.9 Å². The monoisotopic (exact) mass is 567 g/mol. The van der Waals surface area contributed by atoms with Crippen LogP contribution in [0.1, 0.15) is 69.1 Å². The molecule has 2 bridgehead atoms. The molecule has 0 radical (unpaired) electrons. The van der Waals surface area contributed by atoms with Crippen molar-refractivity contribution >= 4 is 15.9 Å². The molecule has 0 saturated heterocycles. The minimum absolute atomic E-state index is 0.106. The van der Waals surface area contributed by atoms with Gasteiger partial charge < -0.3 is 9.52 Å². The van der Waals surface area contributed by atoms with Gasteiger partial charge in [0.05, 0.1) is 34.3 Å². The maximum absolute atomic E-state index is 14.5. The number of hydrogen-bond donors (Lipinski definition) is 1. The Kier molecular flexibility index (Phi) is 5.20. The number of halogens is 3. The van der Waals surface area contributed by atoms with Gasteiger partial charge in [0.1, 0.15) is 28.6 Å². The quantitative estimate of drug-likeness (QED) is 0.320. The van der Waals surface area contributed by atoms with E-state index in [4.69, 9.17) is 9.40 Å². The average Bonchev–Trinajstić information content (AvgIpc) is 3.42. The fourth-order valence-electron chi connectivity index (χ4n) is 6.22. The Bertz CT molecular complexity index is 1540. The van der Waals surface area contributed by atoms with Crippen molar-refractivity contribution < 1.29 is 18.3 Å². The second-order valence-electron chi connectivity index (χ2n) is 10.8. The Balaban J connectivity index is 1.49. The zero-order valence-corrected chi connectivity index (χ0v) is 22.3. The van der Waals surface area contributed by atoms with Gasteiger partial charge in [-0.25, -0.2) is 18.7 Å². The predicted molar refractivity (Wildman–Crippen MR) is 134 cm³/mol. The van der Waals surface area contributed by atoms with E-state index in [1.165, 1.54) is 18.2 Å². The van der Waals surface area contributed by atoms with Crippen molar-refractivity contribution in [3.63, 3.8) is 0 Å². The number of aliphatic hydroxyl groups is 1. The van der Waals surface area contributed by atoms with E-state index in [-0.39, 0.29) is 28.5 Å². The van der Waals surface area contributed by atoms with E-state index in [0.29, 0.717) is 21.8 Å². The molecular formula is C27H24BrF2N5O2. The van der Waals surface area contributed by atoms with Crippen LogP contribution < -0.4 is 0 Å². The summed E-state index contributed by atoms with van der Waals surface area (Å²) in [5, 5.41) is 19.3. The third-order valence-corrected chi connectivity index (χ3v) is 8.59. The number of oxazole rings is 1. The van der Waals surface area contributed by atoms with Crippen molar-refractivity contribution in [2.45, 2.75) is 57.5 Å². The summed E-state index contributed by atoms with van der Waals surface area (Å²) in [6.07, 6.45) is 4.94. The summed E-state index contributed by atoms with van der Waals surface area (Å²) in [6.45, 7) is 7.57. The topological polar surface area (TPSA) is 97.8 Å². The van der Waals surface area contributed by atoms with Crippen molar-refractivity contribution in [3.8, 4) is 22.8 Å². The fraction of sp³-hybridized carbons (Fsp3) is 0.370. The van der Waals surface area contributed by atoms with E-state index in [1.54, 1.807) is 32.3 Å². The van der Waals surface area contributed by atoms with Gasteiger partial charge >= 0.3 is 0 Å². The third kappa shape index (κ3) is 3.34. The summed E-state index contributed by atoms with van der Waals surface area (Å²) in [6, 6.07) is 5.54. The molecule has 4 aromatic rings. The van der Waals surface area contributed by atoms with Crippen LogP contribution in [0.4, 0.5) is 8.78 Å². The lowest BCUT2D eigenvalue weighted by molar-refractivity contribution is 0.0727. The molecule has 1 fully saturated rings. The maximum Gasteiger partial charge on any atom is 0.248 e. The van der Waals surface area contributed by atoms with Crippen molar-refractivity contribution in [2.75, 3.05) is 0 Å². The Morgan fingerprint density at radius 2 is 1.81 bits per heavy atom. The number of hydrogen-bond acceptors (Lipinski definition) is 7. The van der Waals surface area contributed by atoms with Crippen LogP contribution in [0.15, 0.2) is 45.7 Å². The van der Waals surface area contributed by atoms with Crippen LogP contribution in [-0.2, 0) is 11.0 Å². The summed E-state index contributed by atoms with van der Waals surface area (Å²) >= 11 is 3.33. The van der Waals surface area contributed by atoms with Gasteiger partial charge in [-0.05, 0) is 77.7 Å². The van der Waals surface area contributed by atoms with Crippen LogP contribution in [0.25, 0.3) is 22.8 Å². The van der Waals surface area contributed by atoms with Gasteiger partial charge in [-0.15, -0.1) is 5.10 Å². The highest BCUT2D eigenvalue weighted by molar-refractivity contribution is 9.10. The normalized spacial score (nSPS) is 21.9. The molecule has 2 aliphatic carbocycles. The maximum atomic E-state index is 14.5. The highest BCUT2D eigenvalue weighted by Gasteiger charge is 2.65. The number of fused-ring (bicyclic) bond motifs is 5. The molecule has 0 amide bonds. The Morgan fingerprint density at radius 1 is 1.08 bits per heavy atom. The number of rotatable bonds is 4. The SMILES string of the molecule is CC(C)(O)c1nc(-c2cncc([C@@]34CC[C@@H](c5cc(-c6c(F)cccc6F)nnc53)C4(C)C)n2)oc1Br. The molecule has 0 aliphatic heterocycles. The predicted octanol–water partition coefficient (Wildman–Crippen LogP) is 6.06. The summed E-state index contributed by atoms with van der Waals surface area (Å²) in [5.74, 6) is -1.01. The van der Waals surface area contributed by atoms with E-state index in [9.17, 15) is 13.9 Å². The zero-order chi connectivity index (χ0) is 26.3. The molecule has 0 unspecified atom stereocenters. The molecule has 7 nitrogen and oxygen atoms in total. The lowest BCUT2D eigenvalue weighted by Gasteiger charge is -2.37. The first-order valence-corrected chi connectivity index (χ1v) is 12.8. The van der Waals surface area contributed by atoms with E-state index < -0.39 is 22.7 Å². The second-order valence-corrected chi connectivity index (χ2v) is 11.6. The minimum Gasteiger partial charge on any atom is -0.427 e. The zero-order valence-electron chi connectivity index (χ0n) is 20.7. The van der Waals surface area contributed by atoms with Crippen LogP contribution in [0.2, 0.25) is 0 Å². The Morgan fingerprint density at radius 3 is 2.49 bits per heavy atom. The van der Waals surface area contributed by atoms with E-state index in [1.807, 2.05) is 0 Å². The molecule has 2 aliphatic rings. The van der Waals surface area contributed by atoms with Crippen LogP contribution in [-0.4, -0.2) is 30.3 Å². The molecule has 2 atom stereocenters. The highest BCUT2D eigenvalue weighted by Crippen LogP contribution is 2.69. The van der Waals surface area contributed by atoms with Crippen molar-refractivity contribution in [1.82, 2.24) is 25.1 Å². The highest BCUT2D eigenvalue weighted by atomic mass is 79.9. The van der Waals surface area contributed by atoms with Gasteiger partial charge in [-0.3, -0.25) is 4.98 Å². The second kappa shape index (κ2) is 7.94.